The molecule has 0 unspecified atom stereocenters. The summed E-state index contributed by atoms with van der Waals surface area (Å²) in [6.45, 7) is 8.19. The highest BCUT2D eigenvalue weighted by atomic mass is 35.5. The largest absolute Gasteiger partial charge is 0.277 e. The van der Waals surface area contributed by atoms with Crippen LogP contribution >= 0.6 is 11.6 Å². The Balaban J connectivity index is 2.04. The van der Waals surface area contributed by atoms with E-state index in [2.05, 4.69) is 22.0 Å². The van der Waals surface area contributed by atoms with Gasteiger partial charge in [0.25, 0.3) is 11.3 Å². The normalized spacial score (nSPS) is 11.4. The van der Waals surface area contributed by atoms with Crippen molar-refractivity contribution < 1.29 is 4.79 Å². The van der Waals surface area contributed by atoms with Crippen molar-refractivity contribution in [2.45, 2.75) is 59.9 Å². The number of amides is 1. The van der Waals surface area contributed by atoms with Crippen molar-refractivity contribution in [1.29, 1.82) is 0 Å². The third-order valence-electron chi connectivity index (χ3n) is 4.93. The van der Waals surface area contributed by atoms with Crippen molar-refractivity contribution in [3.8, 4) is 0 Å². The summed E-state index contributed by atoms with van der Waals surface area (Å²) >= 11 is 6.12. The SMILES string of the molecule is CCCCc1c(C)nc2nc(N(Cc3cccc(Cl)c3)C(=O)CC(C)C)[nH]n2c1=O. The lowest BCUT2D eigenvalue weighted by atomic mass is 10.1. The van der Waals surface area contributed by atoms with Crippen LogP contribution in [0.4, 0.5) is 5.95 Å². The minimum atomic E-state index is -0.163. The third kappa shape index (κ3) is 4.90. The van der Waals surface area contributed by atoms with Crippen molar-refractivity contribution >= 4 is 29.2 Å². The average molecular weight is 430 g/mol. The number of benzene rings is 1. The van der Waals surface area contributed by atoms with Crippen molar-refractivity contribution in [3.05, 3.63) is 56.5 Å². The molecule has 3 aromatic rings. The quantitative estimate of drug-likeness (QED) is 0.578. The van der Waals surface area contributed by atoms with Gasteiger partial charge in [-0.1, -0.05) is 50.9 Å². The van der Waals surface area contributed by atoms with E-state index in [0.29, 0.717) is 41.6 Å². The zero-order valence-electron chi connectivity index (χ0n) is 17.9. The molecule has 0 atom stereocenters. The number of fused-ring (bicyclic) bond motifs is 1. The summed E-state index contributed by atoms with van der Waals surface area (Å²) in [6.07, 6.45) is 2.94. The lowest BCUT2D eigenvalue weighted by molar-refractivity contribution is -0.119. The zero-order chi connectivity index (χ0) is 21.8. The highest BCUT2D eigenvalue weighted by Crippen LogP contribution is 2.19. The first-order valence-corrected chi connectivity index (χ1v) is 10.7. The molecule has 7 nitrogen and oxygen atoms in total. The second kappa shape index (κ2) is 9.43. The number of carbonyl (C=O) groups excluding carboxylic acids is 1. The number of nitrogens with zero attached hydrogens (tertiary/aromatic N) is 4. The molecule has 0 bridgehead atoms. The summed E-state index contributed by atoms with van der Waals surface area (Å²) in [5.74, 6) is 0.672. The van der Waals surface area contributed by atoms with Crippen LogP contribution in [0, 0.1) is 12.8 Å². The van der Waals surface area contributed by atoms with Crippen LogP contribution in [0.1, 0.15) is 56.9 Å². The van der Waals surface area contributed by atoms with Gasteiger partial charge in [0, 0.05) is 17.0 Å². The molecule has 30 heavy (non-hydrogen) atoms. The number of aromatic amines is 1. The number of H-pyrrole nitrogens is 1. The van der Waals surface area contributed by atoms with Gasteiger partial charge in [-0.15, -0.1) is 0 Å². The Hall–Kier alpha value is -2.67. The van der Waals surface area contributed by atoms with Gasteiger partial charge in [0.1, 0.15) is 0 Å². The highest BCUT2D eigenvalue weighted by Gasteiger charge is 2.22. The Morgan fingerprint density at radius 1 is 1.30 bits per heavy atom. The number of nitrogens with one attached hydrogen (secondary N) is 1. The molecule has 1 N–H and O–H groups in total. The first-order valence-electron chi connectivity index (χ1n) is 10.3. The van der Waals surface area contributed by atoms with Crippen LogP contribution in [0.15, 0.2) is 29.1 Å². The highest BCUT2D eigenvalue weighted by molar-refractivity contribution is 6.30. The van der Waals surface area contributed by atoms with Crippen molar-refractivity contribution in [1.82, 2.24) is 19.6 Å². The molecule has 1 amide bonds. The maximum atomic E-state index is 13.0. The first-order chi connectivity index (χ1) is 14.3. The number of halogens is 1. The van der Waals surface area contributed by atoms with Crippen LogP contribution in [0.3, 0.4) is 0 Å². The zero-order valence-corrected chi connectivity index (χ0v) is 18.7. The summed E-state index contributed by atoms with van der Waals surface area (Å²) in [4.78, 5) is 36.5. The summed E-state index contributed by atoms with van der Waals surface area (Å²) in [5.41, 5.74) is 2.07. The number of unbranched alkanes of at least 4 members (excludes halogenated alkanes) is 1. The molecule has 0 aliphatic carbocycles. The van der Waals surface area contributed by atoms with Crippen LogP contribution in [0.5, 0.6) is 0 Å². The molecule has 0 aliphatic rings. The van der Waals surface area contributed by atoms with Gasteiger partial charge in [-0.25, -0.2) is 4.98 Å². The predicted octanol–water partition coefficient (Wildman–Crippen LogP) is 4.30. The van der Waals surface area contributed by atoms with Crippen molar-refractivity contribution in [2.75, 3.05) is 4.90 Å². The van der Waals surface area contributed by atoms with E-state index in [4.69, 9.17) is 11.6 Å². The van der Waals surface area contributed by atoms with Crippen LogP contribution in [0.2, 0.25) is 5.02 Å². The van der Waals surface area contributed by atoms with Gasteiger partial charge in [-0.2, -0.15) is 9.50 Å². The summed E-state index contributed by atoms with van der Waals surface area (Å²) in [6, 6.07) is 7.35. The summed E-state index contributed by atoms with van der Waals surface area (Å²) in [7, 11) is 0. The van der Waals surface area contributed by atoms with E-state index in [9.17, 15) is 9.59 Å². The lowest BCUT2D eigenvalue weighted by Crippen LogP contribution is -2.32. The smallest absolute Gasteiger partial charge is 0.277 e. The van der Waals surface area contributed by atoms with Crippen LogP contribution in [-0.2, 0) is 17.8 Å². The third-order valence-corrected chi connectivity index (χ3v) is 5.17. The Kier molecular flexibility index (Phi) is 6.92. The molecule has 0 spiro atoms. The van der Waals surface area contributed by atoms with E-state index in [0.717, 1.165) is 18.4 Å². The first kappa shape index (κ1) is 22.0. The van der Waals surface area contributed by atoms with Gasteiger partial charge in [-0.3, -0.25) is 19.6 Å². The molecule has 160 valence electrons. The maximum Gasteiger partial charge on any atom is 0.277 e. The van der Waals surface area contributed by atoms with Crippen molar-refractivity contribution in [2.24, 2.45) is 5.92 Å². The maximum absolute atomic E-state index is 13.0. The fourth-order valence-electron chi connectivity index (χ4n) is 3.36. The van der Waals surface area contributed by atoms with Gasteiger partial charge < -0.3 is 0 Å². The average Bonchev–Trinajstić information content (AvgIpc) is 3.09. The number of hydrogen-bond acceptors (Lipinski definition) is 4. The number of aryl methyl sites for hydroxylation is 1. The standard InChI is InChI=1S/C22H28ClN5O2/c1-5-6-10-18-15(4)24-21-25-22(26-28(21)20(18)30)27(19(29)11-14(2)3)13-16-8-7-9-17(23)12-16/h7-9,12,14H,5-6,10-11,13H2,1-4H3,(H,24,25,26). The molecule has 1 aromatic carbocycles. The van der Waals surface area contributed by atoms with Crippen molar-refractivity contribution in [3.63, 3.8) is 0 Å². The minimum Gasteiger partial charge on any atom is -0.277 e. The van der Waals surface area contributed by atoms with Crippen LogP contribution in [0.25, 0.3) is 5.78 Å². The Morgan fingerprint density at radius 3 is 2.73 bits per heavy atom. The Bertz CT molecular complexity index is 1100. The molecule has 2 heterocycles. The Labute approximate surface area is 181 Å². The van der Waals surface area contributed by atoms with E-state index in [1.165, 1.54) is 4.52 Å². The fraction of sp³-hybridized carbons (Fsp3) is 0.455. The molecule has 0 saturated carbocycles. The molecular formula is C22H28ClN5O2. The van der Waals surface area contributed by atoms with Gasteiger partial charge in [0.05, 0.1) is 12.2 Å². The molecule has 0 aliphatic heterocycles. The number of carbonyl (C=O) groups is 1. The van der Waals surface area contributed by atoms with Crippen LogP contribution < -0.4 is 10.5 Å². The number of aromatic nitrogens is 4. The monoisotopic (exact) mass is 429 g/mol. The molecule has 0 saturated heterocycles. The van der Waals surface area contributed by atoms with Gasteiger partial charge in [0.2, 0.25) is 11.9 Å². The number of anilines is 1. The van der Waals surface area contributed by atoms with E-state index in [-0.39, 0.29) is 23.2 Å². The summed E-state index contributed by atoms with van der Waals surface area (Å²) < 4.78 is 1.33. The lowest BCUT2D eigenvalue weighted by Gasteiger charge is -2.21. The van der Waals surface area contributed by atoms with E-state index in [1.54, 1.807) is 11.0 Å². The fourth-order valence-corrected chi connectivity index (χ4v) is 3.58. The van der Waals surface area contributed by atoms with E-state index >= 15 is 0 Å². The second-order valence-corrected chi connectivity index (χ2v) is 8.41. The predicted molar refractivity (Wildman–Crippen MR) is 119 cm³/mol. The summed E-state index contributed by atoms with van der Waals surface area (Å²) in [5, 5.41) is 3.60. The van der Waals surface area contributed by atoms with Gasteiger partial charge >= 0.3 is 0 Å². The topological polar surface area (TPSA) is 83.4 Å². The molecular weight excluding hydrogens is 402 g/mol. The number of rotatable bonds is 8. The Morgan fingerprint density at radius 2 is 2.07 bits per heavy atom. The van der Waals surface area contributed by atoms with Gasteiger partial charge in [-0.05, 0) is 43.4 Å². The molecule has 0 radical (unpaired) electrons. The van der Waals surface area contributed by atoms with Crippen LogP contribution in [-0.4, -0.2) is 25.5 Å². The van der Waals surface area contributed by atoms with Gasteiger partial charge in [0.15, 0.2) is 0 Å². The molecule has 2 aromatic heterocycles. The molecule has 3 rings (SSSR count). The minimum absolute atomic E-state index is 0.0833. The van der Waals surface area contributed by atoms with E-state index < -0.39 is 0 Å². The molecule has 8 heteroatoms. The second-order valence-electron chi connectivity index (χ2n) is 7.97. The number of hydrogen-bond donors (Lipinski definition) is 1. The van der Waals surface area contributed by atoms with E-state index in [1.807, 2.05) is 39.0 Å². The molecule has 0 fully saturated rings.